The van der Waals surface area contributed by atoms with Gasteiger partial charge >= 0.3 is 10.2 Å². The fourth-order valence-electron chi connectivity index (χ4n) is 5.45. The molecule has 2 atom stereocenters. The molecule has 3 heterocycles. The van der Waals surface area contributed by atoms with E-state index in [0.717, 1.165) is 24.8 Å². The summed E-state index contributed by atoms with van der Waals surface area (Å²) in [5.74, 6) is 0.0704. The standard InChI is InChI=1S/C31H37FN4O4S/c1-21(2)20-40-26-17-24(16-25(32)18-26)28-12-11-27(31(37)34-41(38,39)35-15-13-22(3)19-35)30(33-28)36-14-7-10-29(36)23-8-5-4-6-9-23/h4-6,8-9,11-12,16-18,21-22,29H,7,10,13-15,19-20H2,1-3H3,(H,34,37). The molecule has 0 bridgehead atoms. The minimum Gasteiger partial charge on any atom is -0.493 e. The molecule has 10 heteroatoms. The van der Waals surface area contributed by atoms with Gasteiger partial charge in [0.25, 0.3) is 5.91 Å². The number of hydrogen-bond acceptors (Lipinski definition) is 6. The third kappa shape index (κ3) is 6.70. The lowest BCUT2D eigenvalue weighted by Gasteiger charge is -2.28. The largest absolute Gasteiger partial charge is 0.493 e. The molecule has 5 rings (SSSR count). The van der Waals surface area contributed by atoms with Gasteiger partial charge in [0.05, 0.1) is 23.9 Å². The second-order valence-corrected chi connectivity index (χ2v) is 13.1. The Hall–Kier alpha value is -3.50. The SMILES string of the molecule is CC(C)COc1cc(F)cc(-c2ccc(C(=O)NS(=O)(=O)N3CCC(C)C3)c(N3CCCC3c3ccccc3)n2)c1. The number of nitrogens with zero attached hydrogens (tertiary/aromatic N) is 3. The van der Waals surface area contributed by atoms with E-state index >= 15 is 0 Å². The molecule has 2 unspecified atom stereocenters. The van der Waals surface area contributed by atoms with Gasteiger partial charge in [-0.1, -0.05) is 51.1 Å². The number of aromatic nitrogens is 1. The summed E-state index contributed by atoms with van der Waals surface area (Å²) in [6.07, 6.45) is 2.48. The van der Waals surface area contributed by atoms with Crippen LogP contribution < -0.4 is 14.4 Å². The van der Waals surface area contributed by atoms with Gasteiger partial charge in [-0.25, -0.2) is 14.1 Å². The van der Waals surface area contributed by atoms with Gasteiger partial charge in [-0.05, 0) is 60.9 Å². The van der Waals surface area contributed by atoms with Crippen LogP contribution in [0.15, 0.2) is 60.7 Å². The average Bonchev–Trinajstić information content (AvgIpc) is 3.61. The molecule has 41 heavy (non-hydrogen) atoms. The number of carbonyl (C=O) groups excluding carboxylic acids is 1. The number of carbonyl (C=O) groups is 1. The monoisotopic (exact) mass is 580 g/mol. The first-order valence-electron chi connectivity index (χ1n) is 14.2. The van der Waals surface area contributed by atoms with Crippen LogP contribution in [0, 0.1) is 17.7 Å². The molecule has 218 valence electrons. The van der Waals surface area contributed by atoms with E-state index in [2.05, 4.69) is 4.72 Å². The maximum Gasteiger partial charge on any atom is 0.304 e. The lowest BCUT2D eigenvalue weighted by Crippen LogP contribution is -2.43. The Morgan fingerprint density at radius 3 is 2.59 bits per heavy atom. The first kappa shape index (κ1) is 29.0. The lowest BCUT2D eigenvalue weighted by molar-refractivity contribution is 0.0979. The van der Waals surface area contributed by atoms with E-state index in [-0.39, 0.29) is 23.4 Å². The molecule has 1 N–H and O–H groups in total. The molecular formula is C31H37FN4O4S. The highest BCUT2D eigenvalue weighted by atomic mass is 32.2. The summed E-state index contributed by atoms with van der Waals surface area (Å²) in [6, 6.07) is 17.6. The molecule has 8 nitrogen and oxygen atoms in total. The van der Waals surface area contributed by atoms with Crippen molar-refractivity contribution in [3.05, 3.63) is 77.6 Å². The van der Waals surface area contributed by atoms with Crippen LogP contribution in [0.2, 0.25) is 0 Å². The second kappa shape index (κ2) is 12.2. The van der Waals surface area contributed by atoms with E-state index in [1.807, 2.05) is 56.0 Å². The number of hydrogen-bond donors (Lipinski definition) is 1. The summed E-state index contributed by atoms with van der Waals surface area (Å²) in [5, 5.41) is 0. The number of halogens is 1. The van der Waals surface area contributed by atoms with Crippen molar-refractivity contribution in [1.29, 1.82) is 0 Å². The zero-order chi connectivity index (χ0) is 29.1. The highest BCUT2D eigenvalue weighted by Crippen LogP contribution is 2.38. The van der Waals surface area contributed by atoms with Crippen LogP contribution in [-0.2, 0) is 10.2 Å². The van der Waals surface area contributed by atoms with Crippen LogP contribution >= 0.6 is 0 Å². The molecule has 2 aliphatic rings. The van der Waals surface area contributed by atoms with E-state index in [0.29, 0.717) is 49.1 Å². The summed E-state index contributed by atoms with van der Waals surface area (Å²) >= 11 is 0. The predicted octanol–water partition coefficient (Wildman–Crippen LogP) is 5.58. The molecule has 0 spiro atoms. The fraction of sp³-hybridized carbons (Fsp3) is 0.419. The van der Waals surface area contributed by atoms with Crippen LogP contribution in [0.4, 0.5) is 10.2 Å². The van der Waals surface area contributed by atoms with Gasteiger partial charge in [-0.3, -0.25) is 4.79 Å². The summed E-state index contributed by atoms with van der Waals surface area (Å²) in [6.45, 7) is 7.84. The molecule has 1 amide bonds. The number of benzene rings is 2. The van der Waals surface area contributed by atoms with Crippen LogP contribution in [0.25, 0.3) is 11.3 Å². The Morgan fingerprint density at radius 2 is 1.88 bits per heavy atom. The van der Waals surface area contributed by atoms with Gasteiger partial charge < -0.3 is 9.64 Å². The summed E-state index contributed by atoms with van der Waals surface area (Å²) in [7, 11) is -4.01. The Bertz CT molecular complexity index is 1500. The lowest BCUT2D eigenvalue weighted by atomic mass is 10.0. The van der Waals surface area contributed by atoms with E-state index in [1.54, 1.807) is 18.2 Å². The first-order valence-corrected chi connectivity index (χ1v) is 15.6. The number of nitrogens with one attached hydrogen (secondary N) is 1. The van der Waals surface area contributed by atoms with Crippen molar-refractivity contribution in [2.75, 3.05) is 31.1 Å². The van der Waals surface area contributed by atoms with Gasteiger partial charge in [0.15, 0.2) is 0 Å². The van der Waals surface area contributed by atoms with Gasteiger partial charge in [0, 0.05) is 31.3 Å². The highest BCUT2D eigenvalue weighted by Gasteiger charge is 2.34. The van der Waals surface area contributed by atoms with Crippen LogP contribution in [0.1, 0.15) is 62.0 Å². The molecule has 2 fully saturated rings. The van der Waals surface area contributed by atoms with E-state index in [4.69, 9.17) is 9.72 Å². The molecule has 0 radical (unpaired) electrons. The van der Waals surface area contributed by atoms with Crippen molar-refractivity contribution in [3.8, 4) is 17.0 Å². The van der Waals surface area contributed by atoms with Crippen molar-refractivity contribution in [2.45, 2.75) is 46.1 Å². The van der Waals surface area contributed by atoms with E-state index in [9.17, 15) is 17.6 Å². The maximum absolute atomic E-state index is 14.6. The number of rotatable bonds is 9. The predicted molar refractivity (Wildman–Crippen MR) is 157 cm³/mol. The quantitative estimate of drug-likeness (QED) is 0.355. The van der Waals surface area contributed by atoms with Crippen LogP contribution in [-0.4, -0.2) is 49.9 Å². The molecule has 0 saturated carbocycles. The third-order valence-electron chi connectivity index (χ3n) is 7.53. The Morgan fingerprint density at radius 1 is 1.10 bits per heavy atom. The van der Waals surface area contributed by atoms with Gasteiger partial charge in [-0.2, -0.15) is 12.7 Å². The maximum atomic E-state index is 14.6. The van der Waals surface area contributed by atoms with Gasteiger partial charge in [-0.15, -0.1) is 0 Å². The normalized spacial score (nSPS) is 19.6. The van der Waals surface area contributed by atoms with Gasteiger partial charge in [0.2, 0.25) is 0 Å². The number of pyridine rings is 1. The second-order valence-electron chi connectivity index (χ2n) is 11.4. The molecule has 2 aliphatic heterocycles. The topological polar surface area (TPSA) is 91.8 Å². The van der Waals surface area contributed by atoms with Crippen molar-refractivity contribution < 1.29 is 22.3 Å². The zero-order valence-corrected chi connectivity index (χ0v) is 24.5. The van der Waals surface area contributed by atoms with Crippen molar-refractivity contribution in [2.24, 2.45) is 11.8 Å². The van der Waals surface area contributed by atoms with Crippen molar-refractivity contribution >= 4 is 21.9 Å². The molecule has 0 aliphatic carbocycles. The summed E-state index contributed by atoms with van der Waals surface area (Å²) in [4.78, 5) is 20.5. The third-order valence-corrected chi connectivity index (χ3v) is 8.98. The molecule has 2 aromatic carbocycles. The Kier molecular flexibility index (Phi) is 8.60. The van der Waals surface area contributed by atoms with Crippen LogP contribution in [0.3, 0.4) is 0 Å². The fourth-order valence-corrected chi connectivity index (χ4v) is 6.72. The number of amides is 1. The Balaban J connectivity index is 1.54. The summed E-state index contributed by atoms with van der Waals surface area (Å²) < 4.78 is 50.1. The molecule has 2 saturated heterocycles. The van der Waals surface area contributed by atoms with Crippen LogP contribution in [0.5, 0.6) is 5.75 Å². The minimum absolute atomic E-state index is 0.0426. The number of ether oxygens (including phenoxy) is 1. The Labute approximate surface area is 241 Å². The summed E-state index contributed by atoms with van der Waals surface area (Å²) in [5.41, 5.74) is 2.20. The number of anilines is 1. The molecule has 3 aromatic rings. The average molecular weight is 581 g/mol. The molecule has 1 aromatic heterocycles. The first-order chi connectivity index (χ1) is 19.6. The minimum atomic E-state index is -4.01. The van der Waals surface area contributed by atoms with Crippen molar-refractivity contribution in [1.82, 2.24) is 14.0 Å². The molecular weight excluding hydrogens is 543 g/mol. The van der Waals surface area contributed by atoms with Gasteiger partial charge in [0.1, 0.15) is 17.4 Å². The smallest absolute Gasteiger partial charge is 0.304 e. The van der Waals surface area contributed by atoms with Crippen molar-refractivity contribution in [3.63, 3.8) is 0 Å². The highest BCUT2D eigenvalue weighted by molar-refractivity contribution is 7.87. The van der Waals surface area contributed by atoms with E-state index in [1.165, 1.54) is 16.4 Å². The zero-order valence-electron chi connectivity index (χ0n) is 23.7. The van der Waals surface area contributed by atoms with E-state index < -0.39 is 21.9 Å².